The molecule has 0 fully saturated rings. The number of rotatable bonds is 5. The van der Waals surface area contributed by atoms with E-state index in [9.17, 15) is 0 Å². The number of ether oxygens (including phenoxy) is 2. The SMILES string of the molecule is COc1ccc([C@H](C)N)c(OCc2nc(C)cs2)c1. The number of hydrogen-bond donors (Lipinski definition) is 1. The van der Waals surface area contributed by atoms with Crippen molar-refractivity contribution in [1.82, 2.24) is 4.98 Å². The van der Waals surface area contributed by atoms with Crippen LogP contribution in [0.15, 0.2) is 23.6 Å². The Morgan fingerprint density at radius 1 is 1.42 bits per heavy atom. The van der Waals surface area contributed by atoms with Gasteiger partial charge in [-0.25, -0.2) is 4.98 Å². The van der Waals surface area contributed by atoms with Crippen LogP contribution in [0.4, 0.5) is 0 Å². The summed E-state index contributed by atoms with van der Waals surface area (Å²) in [5, 5.41) is 2.97. The molecule has 0 amide bonds. The Labute approximate surface area is 117 Å². The molecule has 102 valence electrons. The van der Waals surface area contributed by atoms with Crippen LogP contribution < -0.4 is 15.2 Å². The number of aromatic nitrogens is 1. The van der Waals surface area contributed by atoms with Crippen LogP contribution in [-0.4, -0.2) is 12.1 Å². The minimum absolute atomic E-state index is 0.0843. The van der Waals surface area contributed by atoms with Gasteiger partial charge in [-0.3, -0.25) is 0 Å². The second kappa shape index (κ2) is 6.04. The van der Waals surface area contributed by atoms with Crippen molar-refractivity contribution in [2.75, 3.05) is 7.11 Å². The van der Waals surface area contributed by atoms with Gasteiger partial charge in [0, 0.05) is 28.7 Å². The van der Waals surface area contributed by atoms with Crippen LogP contribution in [0.25, 0.3) is 0 Å². The Morgan fingerprint density at radius 3 is 2.79 bits per heavy atom. The first kappa shape index (κ1) is 13.8. The van der Waals surface area contributed by atoms with E-state index in [2.05, 4.69) is 4.98 Å². The van der Waals surface area contributed by atoms with Gasteiger partial charge in [0.1, 0.15) is 23.1 Å². The predicted molar refractivity (Wildman–Crippen MR) is 76.8 cm³/mol. The minimum Gasteiger partial charge on any atom is -0.497 e. The van der Waals surface area contributed by atoms with Gasteiger partial charge >= 0.3 is 0 Å². The van der Waals surface area contributed by atoms with E-state index in [0.717, 1.165) is 27.8 Å². The van der Waals surface area contributed by atoms with Crippen LogP contribution in [0.5, 0.6) is 11.5 Å². The maximum atomic E-state index is 5.95. The molecule has 0 aliphatic heterocycles. The lowest BCUT2D eigenvalue weighted by molar-refractivity contribution is 0.298. The third-order valence-electron chi connectivity index (χ3n) is 2.73. The summed E-state index contributed by atoms with van der Waals surface area (Å²) < 4.78 is 11.0. The smallest absolute Gasteiger partial charge is 0.140 e. The quantitative estimate of drug-likeness (QED) is 0.913. The molecule has 2 N–H and O–H groups in total. The van der Waals surface area contributed by atoms with Crippen molar-refractivity contribution < 1.29 is 9.47 Å². The van der Waals surface area contributed by atoms with Gasteiger partial charge in [-0.1, -0.05) is 6.07 Å². The van der Waals surface area contributed by atoms with Gasteiger partial charge in [-0.15, -0.1) is 11.3 Å². The summed E-state index contributed by atoms with van der Waals surface area (Å²) in [5.41, 5.74) is 7.93. The van der Waals surface area contributed by atoms with Crippen LogP contribution in [-0.2, 0) is 6.61 Å². The molecule has 0 spiro atoms. The van der Waals surface area contributed by atoms with Gasteiger partial charge in [0.25, 0.3) is 0 Å². The first-order valence-corrected chi connectivity index (χ1v) is 6.95. The highest BCUT2D eigenvalue weighted by molar-refractivity contribution is 7.09. The Hall–Kier alpha value is -1.59. The van der Waals surface area contributed by atoms with Crippen LogP contribution >= 0.6 is 11.3 Å². The Balaban J connectivity index is 2.17. The molecule has 0 aliphatic carbocycles. The number of thiazole rings is 1. The topological polar surface area (TPSA) is 57.4 Å². The number of hydrogen-bond acceptors (Lipinski definition) is 5. The molecule has 4 nitrogen and oxygen atoms in total. The molecule has 1 heterocycles. The monoisotopic (exact) mass is 278 g/mol. The second-order valence-corrected chi connectivity index (χ2v) is 5.31. The van der Waals surface area contributed by atoms with Crippen LogP contribution in [0.1, 0.15) is 29.2 Å². The van der Waals surface area contributed by atoms with E-state index in [1.165, 1.54) is 0 Å². The normalized spacial score (nSPS) is 12.2. The maximum absolute atomic E-state index is 5.95. The van der Waals surface area contributed by atoms with E-state index in [1.54, 1.807) is 18.4 Å². The zero-order valence-corrected chi connectivity index (χ0v) is 12.2. The number of nitrogens with two attached hydrogens (primary N) is 1. The van der Waals surface area contributed by atoms with Gasteiger partial charge in [-0.05, 0) is 19.9 Å². The molecular weight excluding hydrogens is 260 g/mol. The van der Waals surface area contributed by atoms with Crippen molar-refractivity contribution in [1.29, 1.82) is 0 Å². The van der Waals surface area contributed by atoms with Gasteiger partial charge in [0.15, 0.2) is 0 Å². The van der Waals surface area contributed by atoms with E-state index in [0.29, 0.717) is 6.61 Å². The average Bonchev–Trinajstić information content (AvgIpc) is 2.81. The molecule has 2 rings (SSSR count). The molecule has 0 bridgehead atoms. The number of nitrogens with zero attached hydrogens (tertiary/aromatic N) is 1. The van der Waals surface area contributed by atoms with Crippen LogP contribution in [0.2, 0.25) is 0 Å². The molecule has 5 heteroatoms. The van der Waals surface area contributed by atoms with Gasteiger partial charge in [0.2, 0.25) is 0 Å². The highest BCUT2D eigenvalue weighted by Gasteiger charge is 2.10. The van der Waals surface area contributed by atoms with E-state index in [-0.39, 0.29) is 6.04 Å². The van der Waals surface area contributed by atoms with Crippen molar-refractivity contribution in [3.8, 4) is 11.5 Å². The molecule has 1 aromatic heterocycles. The summed E-state index contributed by atoms with van der Waals surface area (Å²) in [5.74, 6) is 1.51. The lowest BCUT2D eigenvalue weighted by atomic mass is 10.1. The highest BCUT2D eigenvalue weighted by atomic mass is 32.1. The highest BCUT2D eigenvalue weighted by Crippen LogP contribution is 2.29. The summed E-state index contributed by atoms with van der Waals surface area (Å²) in [6.07, 6.45) is 0. The van der Waals surface area contributed by atoms with Crippen molar-refractivity contribution in [2.45, 2.75) is 26.5 Å². The summed E-state index contributed by atoms with van der Waals surface area (Å²) >= 11 is 1.59. The molecular formula is C14H18N2O2S. The first-order chi connectivity index (χ1) is 9.10. The lowest BCUT2D eigenvalue weighted by Gasteiger charge is -2.14. The molecule has 1 aromatic carbocycles. The zero-order valence-electron chi connectivity index (χ0n) is 11.3. The third-order valence-corrected chi connectivity index (χ3v) is 3.67. The molecule has 0 saturated carbocycles. The third kappa shape index (κ3) is 3.45. The lowest BCUT2D eigenvalue weighted by Crippen LogP contribution is -2.08. The molecule has 1 atom stereocenters. The van der Waals surface area contributed by atoms with Crippen molar-refractivity contribution in [3.63, 3.8) is 0 Å². The molecule has 0 saturated heterocycles. The molecule has 0 unspecified atom stereocenters. The fourth-order valence-corrected chi connectivity index (χ4v) is 2.43. The van der Waals surface area contributed by atoms with Crippen molar-refractivity contribution in [3.05, 3.63) is 39.8 Å². The zero-order chi connectivity index (χ0) is 13.8. The van der Waals surface area contributed by atoms with Gasteiger partial charge in [-0.2, -0.15) is 0 Å². The summed E-state index contributed by atoms with van der Waals surface area (Å²) in [6, 6.07) is 5.60. The Bertz CT molecular complexity index is 552. The summed E-state index contributed by atoms with van der Waals surface area (Å²) in [4.78, 5) is 4.37. The van der Waals surface area contributed by atoms with E-state index < -0.39 is 0 Å². The number of benzene rings is 1. The minimum atomic E-state index is -0.0843. The number of methoxy groups -OCH3 is 1. The molecule has 0 radical (unpaired) electrons. The second-order valence-electron chi connectivity index (χ2n) is 4.36. The fourth-order valence-electron chi connectivity index (χ4n) is 1.75. The van der Waals surface area contributed by atoms with Crippen molar-refractivity contribution >= 4 is 11.3 Å². The number of aryl methyl sites for hydroxylation is 1. The van der Waals surface area contributed by atoms with E-state index >= 15 is 0 Å². The van der Waals surface area contributed by atoms with E-state index in [1.807, 2.05) is 37.4 Å². The Kier molecular flexibility index (Phi) is 4.39. The summed E-state index contributed by atoms with van der Waals surface area (Å²) in [7, 11) is 1.63. The summed E-state index contributed by atoms with van der Waals surface area (Å²) in [6.45, 7) is 4.35. The molecule has 2 aromatic rings. The molecule has 19 heavy (non-hydrogen) atoms. The first-order valence-electron chi connectivity index (χ1n) is 6.07. The van der Waals surface area contributed by atoms with Crippen LogP contribution in [0, 0.1) is 6.92 Å². The van der Waals surface area contributed by atoms with E-state index in [4.69, 9.17) is 15.2 Å². The predicted octanol–water partition coefficient (Wildman–Crippen LogP) is 3.06. The van der Waals surface area contributed by atoms with Gasteiger partial charge < -0.3 is 15.2 Å². The largest absolute Gasteiger partial charge is 0.497 e. The maximum Gasteiger partial charge on any atom is 0.140 e. The van der Waals surface area contributed by atoms with Gasteiger partial charge in [0.05, 0.1) is 7.11 Å². The molecule has 0 aliphatic rings. The fraction of sp³-hybridized carbons (Fsp3) is 0.357. The average molecular weight is 278 g/mol. The van der Waals surface area contributed by atoms with Crippen molar-refractivity contribution in [2.24, 2.45) is 5.73 Å². The standard InChI is InChI=1S/C14H18N2O2S/c1-9-8-19-14(16-9)7-18-13-6-11(17-3)4-5-12(13)10(2)15/h4-6,8,10H,7,15H2,1-3H3/t10-/m0/s1. The van der Waals surface area contributed by atoms with Crippen LogP contribution in [0.3, 0.4) is 0 Å². The Morgan fingerprint density at radius 2 is 2.21 bits per heavy atom.